The van der Waals surface area contributed by atoms with Crippen LogP contribution < -0.4 is 0 Å². The van der Waals surface area contributed by atoms with Crippen LogP contribution >= 0.6 is 0 Å². The molecule has 0 bridgehead atoms. The van der Waals surface area contributed by atoms with Gasteiger partial charge in [0.05, 0.1) is 11.6 Å². The van der Waals surface area contributed by atoms with Crippen LogP contribution in [-0.2, 0) is 13.1 Å². The number of carbonyl (C=O) groups is 1. The summed E-state index contributed by atoms with van der Waals surface area (Å²) in [5.74, 6) is 0.0731. The molecule has 2 heterocycles. The summed E-state index contributed by atoms with van der Waals surface area (Å²) in [7, 11) is 0. The first-order valence-electron chi connectivity index (χ1n) is 6.59. The van der Waals surface area contributed by atoms with Crippen molar-refractivity contribution in [1.82, 2.24) is 19.7 Å². The minimum absolute atomic E-state index is 0.180. The number of fused-ring (bicyclic) bond motifs is 1. The lowest BCUT2D eigenvalue weighted by Crippen LogP contribution is -2.36. The summed E-state index contributed by atoms with van der Waals surface area (Å²) < 4.78 is 2.06. The average Bonchev–Trinajstić information content (AvgIpc) is 2.91. The van der Waals surface area contributed by atoms with E-state index >= 15 is 0 Å². The van der Waals surface area contributed by atoms with Crippen LogP contribution in [0, 0.1) is 0 Å². The third kappa shape index (κ3) is 2.30. The number of carboxylic acid groups (broad SMARTS) is 1. The van der Waals surface area contributed by atoms with Gasteiger partial charge in [-0.2, -0.15) is 0 Å². The number of benzene rings is 1. The van der Waals surface area contributed by atoms with Gasteiger partial charge in [0.1, 0.15) is 12.2 Å². The first kappa shape index (κ1) is 12.8. The maximum absolute atomic E-state index is 11.0. The maximum Gasteiger partial charge on any atom is 0.335 e. The molecule has 0 aliphatic carbocycles. The molecule has 1 aliphatic heterocycles. The summed E-state index contributed by atoms with van der Waals surface area (Å²) in [6.45, 7) is 4.59. The Morgan fingerprint density at radius 3 is 3.10 bits per heavy atom. The fraction of sp³-hybridized carbons (Fsp3) is 0.357. The van der Waals surface area contributed by atoms with E-state index in [0.29, 0.717) is 5.56 Å². The van der Waals surface area contributed by atoms with Gasteiger partial charge in [0.2, 0.25) is 0 Å². The topological polar surface area (TPSA) is 71.2 Å². The Bertz CT molecular complexity index is 638. The van der Waals surface area contributed by atoms with E-state index in [9.17, 15) is 4.79 Å². The first-order chi connectivity index (χ1) is 9.65. The van der Waals surface area contributed by atoms with Crippen molar-refractivity contribution in [2.75, 3.05) is 6.54 Å². The zero-order valence-electron chi connectivity index (χ0n) is 11.2. The summed E-state index contributed by atoms with van der Waals surface area (Å²) >= 11 is 0. The van der Waals surface area contributed by atoms with Gasteiger partial charge in [0, 0.05) is 19.6 Å². The molecule has 1 aromatic heterocycles. The quantitative estimate of drug-likeness (QED) is 0.918. The standard InChI is InChI=1S/C14H16N4O2/c1-10-13-16-15-9-18(13)6-5-17(10)8-11-3-2-4-12(7-11)14(19)20/h2-4,7,9-10H,5-6,8H2,1H3,(H,19,20). The minimum Gasteiger partial charge on any atom is -0.478 e. The first-order valence-corrected chi connectivity index (χ1v) is 6.59. The number of hydrogen-bond donors (Lipinski definition) is 1. The molecule has 0 radical (unpaired) electrons. The largest absolute Gasteiger partial charge is 0.478 e. The van der Waals surface area contributed by atoms with Crippen LogP contribution in [0.25, 0.3) is 0 Å². The van der Waals surface area contributed by atoms with Crippen molar-refractivity contribution in [2.45, 2.75) is 26.1 Å². The molecule has 3 rings (SSSR count). The number of aromatic nitrogens is 3. The van der Waals surface area contributed by atoms with Gasteiger partial charge >= 0.3 is 5.97 Å². The van der Waals surface area contributed by atoms with Crippen LogP contribution in [-0.4, -0.2) is 37.3 Å². The van der Waals surface area contributed by atoms with Crippen molar-refractivity contribution in [3.63, 3.8) is 0 Å². The van der Waals surface area contributed by atoms with Crippen molar-refractivity contribution < 1.29 is 9.90 Å². The van der Waals surface area contributed by atoms with Gasteiger partial charge in [0.25, 0.3) is 0 Å². The van der Waals surface area contributed by atoms with Gasteiger partial charge < -0.3 is 9.67 Å². The van der Waals surface area contributed by atoms with E-state index in [1.54, 1.807) is 24.5 Å². The van der Waals surface area contributed by atoms with E-state index in [1.165, 1.54) is 0 Å². The molecule has 0 saturated carbocycles. The lowest BCUT2D eigenvalue weighted by Gasteiger charge is -2.33. The van der Waals surface area contributed by atoms with Gasteiger partial charge in [0.15, 0.2) is 0 Å². The zero-order valence-corrected chi connectivity index (χ0v) is 11.2. The predicted molar refractivity (Wildman–Crippen MR) is 72.2 cm³/mol. The number of nitrogens with zero attached hydrogens (tertiary/aromatic N) is 4. The van der Waals surface area contributed by atoms with Crippen LogP contribution in [0.15, 0.2) is 30.6 Å². The highest BCUT2D eigenvalue weighted by atomic mass is 16.4. The molecular weight excluding hydrogens is 256 g/mol. The Balaban J connectivity index is 1.79. The van der Waals surface area contributed by atoms with Crippen LogP contribution in [0.4, 0.5) is 0 Å². The summed E-state index contributed by atoms with van der Waals surface area (Å²) in [5.41, 5.74) is 1.33. The second-order valence-corrected chi connectivity index (χ2v) is 5.03. The molecule has 0 amide bonds. The van der Waals surface area contributed by atoms with Crippen molar-refractivity contribution in [3.8, 4) is 0 Å². The lowest BCUT2D eigenvalue weighted by atomic mass is 10.1. The van der Waals surface area contributed by atoms with E-state index < -0.39 is 5.97 Å². The Morgan fingerprint density at radius 2 is 2.30 bits per heavy atom. The summed E-state index contributed by atoms with van der Waals surface area (Å²) in [6, 6.07) is 7.27. The van der Waals surface area contributed by atoms with Crippen LogP contribution in [0.3, 0.4) is 0 Å². The molecule has 1 atom stereocenters. The molecule has 1 N–H and O–H groups in total. The Hall–Kier alpha value is -2.21. The fourth-order valence-electron chi connectivity index (χ4n) is 2.61. The normalized spacial score (nSPS) is 18.8. The summed E-state index contributed by atoms with van der Waals surface area (Å²) in [5, 5.41) is 17.1. The lowest BCUT2D eigenvalue weighted by molar-refractivity contribution is 0.0696. The van der Waals surface area contributed by atoms with Crippen molar-refractivity contribution >= 4 is 5.97 Å². The van der Waals surface area contributed by atoms with Crippen molar-refractivity contribution in [3.05, 3.63) is 47.5 Å². The third-order valence-corrected chi connectivity index (χ3v) is 3.75. The summed E-state index contributed by atoms with van der Waals surface area (Å²) in [6.07, 6.45) is 1.76. The summed E-state index contributed by atoms with van der Waals surface area (Å²) in [4.78, 5) is 13.3. The Labute approximate surface area is 116 Å². The highest BCUT2D eigenvalue weighted by molar-refractivity contribution is 5.87. The van der Waals surface area contributed by atoms with E-state index in [-0.39, 0.29) is 6.04 Å². The van der Waals surface area contributed by atoms with E-state index in [1.807, 2.05) is 6.07 Å². The van der Waals surface area contributed by atoms with E-state index in [0.717, 1.165) is 31.0 Å². The monoisotopic (exact) mass is 272 g/mol. The molecule has 0 saturated heterocycles. The minimum atomic E-state index is -0.890. The second kappa shape index (κ2) is 5.05. The molecule has 20 heavy (non-hydrogen) atoms. The van der Waals surface area contributed by atoms with Gasteiger partial charge in [-0.05, 0) is 24.6 Å². The maximum atomic E-state index is 11.0. The van der Waals surface area contributed by atoms with Crippen LogP contribution in [0.2, 0.25) is 0 Å². The third-order valence-electron chi connectivity index (χ3n) is 3.75. The van der Waals surface area contributed by atoms with E-state index in [4.69, 9.17) is 5.11 Å². The van der Waals surface area contributed by atoms with Gasteiger partial charge in [-0.15, -0.1) is 10.2 Å². The van der Waals surface area contributed by atoms with Crippen molar-refractivity contribution in [2.24, 2.45) is 0 Å². The molecule has 0 spiro atoms. The smallest absolute Gasteiger partial charge is 0.335 e. The predicted octanol–water partition coefficient (Wildman–Crippen LogP) is 1.55. The molecule has 6 nitrogen and oxygen atoms in total. The van der Waals surface area contributed by atoms with Crippen LogP contribution in [0.5, 0.6) is 0 Å². The molecule has 1 aliphatic rings. The molecule has 1 aromatic carbocycles. The van der Waals surface area contributed by atoms with Gasteiger partial charge in [-0.1, -0.05) is 12.1 Å². The molecular formula is C14H16N4O2. The molecule has 6 heteroatoms. The zero-order chi connectivity index (χ0) is 14.1. The number of rotatable bonds is 3. The number of hydrogen-bond acceptors (Lipinski definition) is 4. The average molecular weight is 272 g/mol. The highest BCUT2D eigenvalue weighted by Crippen LogP contribution is 2.24. The second-order valence-electron chi connectivity index (χ2n) is 5.03. The fourth-order valence-corrected chi connectivity index (χ4v) is 2.61. The SMILES string of the molecule is CC1c2nncn2CCN1Cc1cccc(C(=O)O)c1. The Morgan fingerprint density at radius 1 is 1.45 bits per heavy atom. The Kier molecular flexibility index (Phi) is 3.23. The van der Waals surface area contributed by atoms with Gasteiger partial charge in [-0.25, -0.2) is 4.79 Å². The number of carboxylic acids is 1. The van der Waals surface area contributed by atoms with E-state index in [2.05, 4.69) is 26.6 Å². The number of aromatic carboxylic acids is 1. The molecule has 1 unspecified atom stereocenters. The van der Waals surface area contributed by atoms with Crippen molar-refractivity contribution in [1.29, 1.82) is 0 Å². The van der Waals surface area contributed by atoms with Crippen LogP contribution in [0.1, 0.15) is 34.7 Å². The molecule has 104 valence electrons. The molecule has 2 aromatic rings. The van der Waals surface area contributed by atoms with Gasteiger partial charge in [-0.3, -0.25) is 4.90 Å². The highest BCUT2D eigenvalue weighted by Gasteiger charge is 2.25. The molecule has 0 fully saturated rings.